The van der Waals surface area contributed by atoms with Crippen LogP contribution in [-0.2, 0) is 17.8 Å². The van der Waals surface area contributed by atoms with E-state index < -0.39 is 0 Å². The molecule has 1 aromatic heterocycles. The number of hydrogen-bond donors (Lipinski definition) is 1. The SMILES string of the molecule is CC(C)c1nc(N2CCNCC2)c(C#N)c2c1COC(C)(C)C2. The maximum absolute atomic E-state index is 9.83. The van der Waals surface area contributed by atoms with E-state index in [4.69, 9.17) is 9.72 Å². The van der Waals surface area contributed by atoms with Crippen molar-refractivity contribution >= 4 is 5.82 Å². The number of piperazine rings is 1. The van der Waals surface area contributed by atoms with E-state index in [1.807, 2.05) is 0 Å². The molecule has 1 fully saturated rings. The number of rotatable bonds is 2. The highest BCUT2D eigenvalue weighted by Crippen LogP contribution is 2.37. The normalized spacial score (nSPS) is 20.3. The largest absolute Gasteiger partial charge is 0.370 e. The van der Waals surface area contributed by atoms with E-state index >= 15 is 0 Å². The van der Waals surface area contributed by atoms with Crippen LogP contribution in [0.4, 0.5) is 5.82 Å². The number of nitrogens with zero attached hydrogens (tertiary/aromatic N) is 3. The Morgan fingerprint density at radius 1 is 1.26 bits per heavy atom. The van der Waals surface area contributed by atoms with Crippen molar-refractivity contribution in [3.8, 4) is 6.07 Å². The van der Waals surface area contributed by atoms with Crippen LogP contribution in [-0.4, -0.2) is 36.8 Å². The average molecular weight is 314 g/mol. The van der Waals surface area contributed by atoms with Crippen LogP contribution in [0, 0.1) is 11.3 Å². The van der Waals surface area contributed by atoms with Gasteiger partial charge in [-0.1, -0.05) is 13.8 Å². The minimum absolute atomic E-state index is 0.227. The van der Waals surface area contributed by atoms with Gasteiger partial charge in [0.1, 0.15) is 11.9 Å². The van der Waals surface area contributed by atoms with E-state index in [2.05, 4.69) is 44.0 Å². The first-order valence-electron chi connectivity index (χ1n) is 8.48. The highest BCUT2D eigenvalue weighted by Gasteiger charge is 2.33. The molecule has 1 saturated heterocycles. The van der Waals surface area contributed by atoms with Crippen LogP contribution >= 0.6 is 0 Å². The maximum Gasteiger partial charge on any atom is 0.147 e. The zero-order chi connectivity index (χ0) is 16.6. The van der Waals surface area contributed by atoms with Crippen molar-refractivity contribution in [1.82, 2.24) is 10.3 Å². The molecule has 0 saturated carbocycles. The van der Waals surface area contributed by atoms with Crippen molar-refractivity contribution < 1.29 is 4.74 Å². The molecule has 0 atom stereocenters. The molecular weight excluding hydrogens is 288 g/mol. The summed E-state index contributed by atoms with van der Waals surface area (Å²) in [5.74, 6) is 1.19. The predicted molar refractivity (Wildman–Crippen MR) is 90.7 cm³/mol. The van der Waals surface area contributed by atoms with Crippen molar-refractivity contribution in [1.29, 1.82) is 5.26 Å². The summed E-state index contributed by atoms with van der Waals surface area (Å²) in [6.07, 6.45) is 0.770. The lowest BCUT2D eigenvalue weighted by atomic mass is 9.86. The Bertz CT molecular complexity index is 639. The summed E-state index contributed by atoms with van der Waals surface area (Å²) < 4.78 is 5.99. The van der Waals surface area contributed by atoms with E-state index in [1.165, 1.54) is 0 Å². The molecule has 0 aliphatic carbocycles. The quantitative estimate of drug-likeness (QED) is 0.908. The van der Waals surface area contributed by atoms with Gasteiger partial charge < -0.3 is 15.0 Å². The van der Waals surface area contributed by atoms with Crippen LogP contribution in [0.3, 0.4) is 0 Å². The fourth-order valence-corrected chi connectivity index (χ4v) is 3.48. The Balaban J connectivity index is 2.16. The first-order valence-corrected chi connectivity index (χ1v) is 8.48. The Morgan fingerprint density at radius 2 is 1.96 bits per heavy atom. The molecule has 0 radical (unpaired) electrons. The fourth-order valence-electron chi connectivity index (χ4n) is 3.48. The van der Waals surface area contributed by atoms with E-state index in [0.29, 0.717) is 12.5 Å². The topological polar surface area (TPSA) is 61.2 Å². The molecule has 0 amide bonds. The minimum Gasteiger partial charge on any atom is -0.370 e. The van der Waals surface area contributed by atoms with Gasteiger partial charge in [0.25, 0.3) is 0 Å². The van der Waals surface area contributed by atoms with Gasteiger partial charge >= 0.3 is 0 Å². The molecule has 0 unspecified atom stereocenters. The summed E-state index contributed by atoms with van der Waals surface area (Å²) >= 11 is 0. The lowest BCUT2D eigenvalue weighted by Crippen LogP contribution is -2.44. The van der Waals surface area contributed by atoms with Gasteiger partial charge in [-0.2, -0.15) is 5.26 Å². The van der Waals surface area contributed by atoms with E-state index in [9.17, 15) is 5.26 Å². The molecule has 3 rings (SSSR count). The third kappa shape index (κ3) is 3.06. The van der Waals surface area contributed by atoms with E-state index in [-0.39, 0.29) is 5.60 Å². The fraction of sp³-hybridized carbons (Fsp3) is 0.667. The number of fused-ring (bicyclic) bond motifs is 1. The molecule has 1 aromatic rings. The second-order valence-corrected chi connectivity index (χ2v) is 7.38. The van der Waals surface area contributed by atoms with Crippen molar-refractivity contribution in [2.45, 2.75) is 52.2 Å². The first kappa shape index (κ1) is 16.2. The summed E-state index contributed by atoms with van der Waals surface area (Å²) in [6, 6.07) is 2.44. The zero-order valence-electron chi connectivity index (χ0n) is 14.6. The molecule has 3 heterocycles. The lowest BCUT2D eigenvalue weighted by molar-refractivity contribution is -0.0408. The van der Waals surface area contributed by atoms with E-state index in [1.54, 1.807) is 0 Å². The Labute approximate surface area is 138 Å². The van der Waals surface area contributed by atoms with Crippen molar-refractivity contribution in [3.05, 3.63) is 22.4 Å². The van der Waals surface area contributed by atoms with Gasteiger partial charge in [0.2, 0.25) is 0 Å². The molecule has 2 aliphatic heterocycles. The van der Waals surface area contributed by atoms with Crippen molar-refractivity contribution in [3.63, 3.8) is 0 Å². The molecule has 0 spiro atoms. The Hall–Kier alpha value is -1.64. The number of ether oxygens (including phenoxy) is 1. The van der Waals surface area contributed by atoms with Crippen LogP contribution in [0.5, 0.6) is 0 Å². The van der Waals surface area contributed by atoms with Crippen molar-refractivity contribution in [2.24, 2.45) is 0 Å². The van der Waals surface area contributed by atoms with Gasteiger partial charge in [0, 0.05) is 38.2 Å². The summed E-state index contributed by atoms with van der Waals surface area (Å²) in [6.45, 7) is 12.7. The summed E-state index contributed by atoms with van der Waals surface area (Å²) in [5.41, 5.74) is 3.89. The molecule has 0 bridgehead atoms. The van der Waals surface area contributed by atoms with Crippen LogP contribution in [0.15, 0.2) is 0 Å². The Kier molecular flexibility index (Phi) is 4.31. The number of anilines is 1. The summed E-state index contributed by atoms with van der Waals surface area (Å²) in [5, 5.41) is 13.2. The molecule has 23 heavy (non-hydrogen) atoms. The van der Waals surface area contributed by atoms with Gasteiger partial charge in [-0.3, -0.25) is 0 Å². The van der Waals surface area contributed by atoms with Crippen LogP contribution in [0.25, 0.3) is 0 Å². The van der Waals surface area contributed by atoms with E-state index in [0.717, 1.165) is 60.8 Å². The number of nitriles is 1. The molecule has 2 aliphatic rings. The number of nitrogens with one attached hydrogen (secondary N) is 1. The molecule has 124 valence electrons. The summed E-state index contributed by atoms with van der Waals surface area (Å²) in [7, 11) is 0. The molecule has 5 heteroatoms. The lowest BCUT2D eigenvalue weighted by Gasteiger charge is -2.36. The highest BCUT2D eigenvalue weighted by molar-refractivity contribution is 5.62. The minimum atomic E-state index is -0.227. The smallest absolute Gasteiger partial charge is 0.147 e. The first-order chi connectivity index (χ1) is 10.9. The zero-order valence-corrected chi connectivity index (χ0v) is 14.6. The highest BCUT2D eigenvalue weighted by atomic mass is 16.5. The van der Waals surface area contributed by atoms with Gasteiger partial charge in [-0.25, -0.2) is 4.98 Å². The Morgan fingerprint density at radius 3 is 2.57 bits per heavy atom. The molecule has 1 N–H and O–H groups in total. The number of pyridine rings is 1. The van der Waals surface area contributed by atoms with Crippen LogP contribution < -0.4 is 10.2 Å². The monoisotopic (exact) mass is 314 g/mol. The van der Waals surface area contributed by atoms with Gasteiger partial charge in [-0.05, 0) is 25.3 Å². The third-order valence-electron chi connectivity index (χ3n) is 4.71. The van der Waals surface area contributed by atoms with Crippen LogP contribution in [0.2, 0.25) is 0 Å². The molecule has 0 aromatic carbocycles. The second kappa shape index (κ2) is 6.10. The molecular formula is C18H26N4O. The standard InChI is InChI=1S/C18H26N4O/c1-12(2)16-15-11-23-18(3,4)9-13(15)14(10-19)17(21-16)22-7-5-20-6-8-22/h12,20H,5-9,11H2,1-4H3. The van der Waals surface area contributed by atoms with Gasteiger partial charge in [0.15, 0.2) is 0 Å². The van der Waals surface area contributed by atoms with Gasteiger partial charge in [-0.15, -0.1) is 0 Å². The second-order valence-electron chi connectivity index (χ2n) is 7.38. The van der Waals surface area contributed by atoms with Gasteiger partial charge in [0.05, 0.1) is 23.5 Å². The maximum atomic E-state index is 9.83. The average Bonchev–Trinajstić information content (AvgIpc) is 2.53. The predicted octanol–water partition coefficient (Wildman–Crippen LogP) is 2.34. The summed E-state index contributed by atoms with van der Waals surface area (Å²) in [4.78, 5) is 7.18. The number of aromatic nitrogens is 1. The third-order valence-corrected chi connectivity index (χ3v) is 4.71. The van der Waals surface area contributed by atoms with Crippen molar-refractivity contribution in [2.75, 3.05) is 31.1 Å². The molecule has 5 nitrogen and oxygen atoms in total. The van der Waals surface area contributed by atoms with Crippen LogP contribution in [0.1, 0.15) is 56.0 Å². The number of hydrogen-bond acceptors (Lipinski definition) is 5.